The zero-order valence-corrected chi connectivity index (χ0v) is 17.3. The first kappa shape index (κ1) is 19.9. The normalized spacial score (nSPS) is 61.0. The van der Waals surface area contributed by atoms with E-state index in [0.29, 0.717) is 0 Å². The van der Waals surface area contributed by atoms with Gasteiger partial charge in [0.05, 0.1) is 22.9 Å². The molecule has 4 heterocycles. The molecule has 2 saturated carbocycles. The summed E-state index contributed by atoms with van der Waals surface area (Å²) in [6, 6.07) is 0. The summed E-state index contributed by atoms with van der Waals surface area (Å²) < 4.78 is 22.2. The molecule has 2 aliphatic carbocycles. The van der Waals surface area contributed by atoms with Crippen molar-refractivity contribution in [1.29, 1.82) is 0 Å². The highest BCUT2D eigenvalue weighted by molar-refractivity contribution is 5.94. The van der Waals surface area contributed by atoms with E-state index < -0.39 is 94.0 Å². The van der Waals surface area contributed by atoms with E-state index in [1.165, 1.54) is 6.92 Å². The summed E-state index contributed by atoms with van der Waals surface area (Å²) in [7, 11) is 0. The van der Waals surface area contributed by atoms with Gasteiger partial charge in [-0.3, -0.25) is 4.79 Å². The molecule has 6 aliphatic rings. The van der Waals surface area contributed by atoms with Crippen LogP contribution in [0.5, 0.6) is 0 Å². The molecule has 4 saturated heterocycles. The molecule has 4 N–H and O–H groups in total. The van der Waals surface area contributed by atoms with Crippen molar-refractivity contribution in [2.24, 2.45) is 28.1 Å². The van der Waals surface area contributed by atoms with E-state index in [-0.39, 0.29) is 0 Å². The van der Waals surface area contributed by atoms with Gasteiger partial charge >= 0.3 is 17.9 Å². The molecular weight excluding hydrogens is 416 g/mol. The van der Waals surface area contributed by atoms with Gasteiger partial charge in [-0.05, 0) is 12.3 Å². The Morgan fingerprint density at radius 3 is 2.19 bits per heavy atom. The molecule has 0 amide bonds. The molecule has 0 aromatic carbocycles. The highest BCUT2D eigenvalue weighted by Crippen LogP contribution is 2.84. The monoisotopic (exact) mass is 440 g/mol. The number of aliphatic hydroxyl groups is 4. The Balaban J connectivity index is 1.75. The zero-order valence-electron chi connectivity index (χ0n) is 17.3. The van der Waals surface area contributed by atoms with Crippen LogP contribution in [-0.4, -0.2) is 86.3 Å². The van der Waals surface area contributed by atoms with E-state index in [1.807, 2.05) is 0 Å². The van der Waals surface area contributed by atoms with Gasteiger partial charge in [-0.25, -0.2) is 9.59 Å². The molecule has 2 spiro atoms. The summed E-state index contributed by atoms with van der Waals surface area (Å²) in [4.78, 5) is 38.3. The summed E-state index contributed by atoms with van der Waals surface area (Å²) in [6.07, 6.45) is -9.69. The van der Waals surface area contributed by atoms with Crippen molar-refractivity contribution in [2.45, 2.75) is 75.7 Å². The van der Waals surface area contributed by atoms with Crippen molar-refractivity contribution in [3.05, 3.63) is 0 Å². The van der Waals surface area contributed by atoms with Gasteiger partial charge in [0, 0.05) is 5.92 Å². The Morgan fingerprint density at radius 1 is 0.935 bits per heavy atom. The number of aliphatic hydroxyl groups excluding tert-OH is 3. The van der Waals surface area contributed by atoms with Crippen molar-refractivity contribution < 1.29 is 53.8 Å². The number of hydrogen-bond donors (Lipinski definition) is 4. The number of hydrogen-bond acceptors (Lipinski definition) is 11. The first-order valence-electron chi connectivity index (χ1n) is 10.3. The standard InChI is InChI=1S/C20H24O11/c1-5-12(24)28-11-8(22)18-10-6(21)7(16(2,3)4)17(18)9(23)13(25)30-15(17)31-20(18,14(26)29-10)19(5,11)27/h5-11,15,21-23,27H,1-4H3/t5-,6+,7+,8+,9+,10-,11+,15?,17?,18-,19-,20-/m1/s1. The van der Waals surface area contributed by atoms with Crippen LogP contribution in [-0.2, 0) is 33.3 Å². The molecule has 31 heavy (non-hydrogen) atoms. The molecule has 0 radical (unpaired) electrons. The Hall–Kier alpha value is -1.79. The van der Waals surface area contributed by atoms with E-state index in [4.69, 9.17) is 18.9 Å². The van der Waals surface area contributed by atoms with Gasteiger partial charge in [-0.2, -0.15) is 0 Å². The Labute approximate surface area is 176 Å². The van der Waals surface area contributed by atoms with E-state index >= 15 is 0 Å². The van der Waals surface area contributed by atoms with Crippen LogP contribution in [0.4, 0.5) is 0 Å². The van der Waals surface area contributed by atoms with Gasteiger partial charge in [-0.1, -0.05) is 20.8 Å². The van der Waals surface area contributed by atoms with Crippen molar-refractivity contribution in [1.82, 2.24) is 0 Å². The summed E-state index contributed by atoms with van der Waals surface area (Å²) in [6.45, 7) is 6.63. The second-order valence-electron chi connectivity index (χ2n) is 10.8. The van der Waals surface area contributed by atoms with E-state index in [9.17, 15) is 34.8 Å². The third-order valence-corrected chi connectivity index (χ3v) is 8.95. The topological polar surface area (TPSA) is 169 Å². The molecule has 11 heteroatoms. The maximum absolute atomic E-state index is 13.4. The highest BCUT2D eigenvalue weighted by Gasteiger charge is 3.05. The number of rotatable bonds is 0. The lowest BCUT2D eigenvalue weighted by atomic mass is 9.51. The average molecular weight is 440 g/mol. The van der Waals surface area contributed by atoms with Crippen LogP contribution in [0.3, 0.4) is 0 Å². The van der Waals surface area contributed by atoms with Gasteiger partial charge in [0.25, 0.3) is 0 Å². The van der Waals surface area contributed by atoms with Crippen molar-refractivity contribution in [3.63, 3.8) is 0 Å². The van der Waals surface area contributed by atoms with E-state index in [2.05, 4.69) is 0 Å². The molecule has 11 nitrogen and oxygen atoms in total. The van der Waals surface area contributed by atoms with Crippen LogP contribution in [0.15, 0.2) is 0 Å². The lowest BCUT2D eigenvalue weighted by Crippen LogP contribution is -2.67. The predicted octanol–water partition coefficient (Wildman–Crippen LogP) is -2.40. The lowest BCUT2D eigenvalue weighted by molar-refractivity contribution is -0.240. The molecule has 6 rings (SSSR count). The van der Waals surface area contributed by atoms with Crippen molar-refractivity contribution in [3.8, 4) is 0 Å². The smallest absolute Gasteiger partial charge is 0.343 e. The summed E-state index contributed by atoms with van der Waals surface area (Å²) in [5.41, 5.74) is -9.40. The fourth-order valence-corrected chi connectivity index (χ4v) is 8.27. The second-order valence-corrected chi connectivity index (χ2v) is 10.8. The van der Waals surface area contributed by atoms with Crippen molar-refractivity contribution in [2.75, 3.05) is 0 Å². The third-order valence-electron chi connectivity index (χ3n) is 8.95. The molecule has 4 aliphatic heterocycles. The molecule has 6 fully saturated rings. The molecule has 12 atom stereocenters. The van der Waals surface area contributed by atoms with Crippen molar-refractivity contribution >= 4 is 17.9 Å². The first-order valence-corrected chi connectivity index (χ1v) is 10.3. The molecule has 0 aromatic rings. The third kappa shape index (κ3) is 1.43. The van der Waals surface area contributed by atoms with Gasteiger partial charge in [0.15, 0.2) is 17.8 Å². The minimum atomic E-state index is -2.40. The Kier molecular flexibility index (Phi) is 3.15. The quantitative estimate of drug-likeness (QED) is 0.234. The minimum Gasteiger partial charge on any atom is -0.456 e. The number of esters is 3. The first-order chi connectivity index (χ1) is 14.3. The number of fused-ring (bicyclic) bond motifs is 1. The highest BCUT2D eigenvalue weighted by atomic mass is 16.8. The number of carbonyl (C=O) groups excluding carboxylic acids is 3. The van der Waals surface area contributed by atoms with Gasteiger partial charge in [0.2, 0.25) is 11.9 Å². The SMILES string of the molecule is C[C@@H]1C(=O)O[C@H]2[C@H](O)[C@]34[C@@H]5OC(=O)[C@]3(OC3OC(=O)[C@H](O)C34[C@H](C(C)(C)C)[C@@H]5O)[C@@]12O. The van der Waals surface area contributed by atoms with E-state index in [0.717, 1.165) is 0 Å². The largest absolute Gasteiger partial charge is 0.456 e. The Morgan fingerprint density at radius 2 is 1.58 bits per heavy atom. The Bertz CT molecular complexity index is 957. The lowest BCUT2D eigenvalue weighted by Gasteiger charge is -2.47. The second kappa shape index (κ2) is 4.91. The van der Waals surface area contributed by atoms with Crippen LogP contribution in [0.25, 0.3) is 0 Å². The fraction of sp³-hybridized carbons (Fsp3) is 0.850. The number of ether oxygens (including phenoxy) is 4. The fourth-order valence-electron chi connectivity index (χ4n) is 8.27. The maximum atomic E-state index is 13.4. The molecule has 0 bridgehead atoms. The zero-order chi connectivity index (χ0) is 22.7. The van der Waals surface area contributed by atoms with Crippen LogP contribution in [0, 0.1) is 28.1 Å². The minimum absolute atomic E-state index is 0.792. The van der Waals surface area contributed by atoms with Crippen LogP contribution < -0.4 is 0 Å². The average Bonchev–Trinajstić information content (AvgIpc) is 3.35. The van der Waals surface area contributed by atoms with Gasteiger partial charge in [0.1, 0.15) is 12.2 Å². The van der Waals surface area contributed by atoms with Crippen LogP contribution in [0.2, 0.25) is 0 Å². The molecular formula is C20H24O11. The summed E-state index contributed by atoms with van der Waals surface area (Å²) >= 11 is 0. The van der Waals surface area contributed by atoms with E-state index in [1.54, 1.807) is 20.8 Å². The van der Waals surface area contributed by atoms with Crippen LogP contribution in [0.1, 0.15) is 27.7 Å². The summed E-state index contributed by atoms with van der Waals surface area (Å²) in [5.74, 6) is -5.22. The molecule has 0 aromatic heterocycles. The van der Waals surface area contributed by atoms with Gasteiger partial charge < -0.3 is 39.4 Å². The maximum Gasteiger partial charge on any atom is 0.343 e. The number of carbonyl (C=O) groups is 3. The van der Waals surface area contributed by atoms with Gasteiger partial charge in [-0.15, -0.1) is 0 Å². The molecule has 2 unspecified atom stereocenters. The van der Waals surface area contributed by atoms with Crippen LogP contribution >= 0.6 is 0 Å². The predicted molar refractivity (Wildman–Crippen MR) is 93.4 cm³/mol. The molecule has 170 valence electrons. The summed E-state index contributed by atoms with van der Waals surface area (Å²) in [5, 5.41) is 46.1.